The molecular weight excluding hydrogens is 314 g/mol. The maximum Gasteiger partial charge on any atom is 0.269 e. The number of hydrogen-bond acceptors (Lipinski definition) is 4. The summed E-state index contributed by atoms with van der Waals surface area (Å²) in [5.41, 5.74) is 3.57. The highest BCUT2D eigenvalue weighted by atomic mass is 35.5. The number of para-hydroxylation sites is 1. The number of halogens is 1. The lowest BCUT2D eigenvalue weighted by Gasteiger charge is -2.31. The Balaban J connectivity index is 0.00000192. The summed E-state index contributed by atoms with van der Waals surface area (Å²) < 4.78 is 0. The minimum absolute atomic E-state index is 0. The first-order chi connectivity index (χ1) is 10.7. The third-order valence-corrected chi connectivity index (χ3v) is 4.18. The normalized spacial score (nSPS) is 15.1. The van der Waals surface area contributed by atoms with Gasteiger partial charge in [-0.05, 0) is 24.1 Å². The van der Waals surface area contributed by atoms with E-state index in [4.69, 9.17) is 0 Å². The van der Waals surface area contributed by atoms with Crippen molar-refractivity contribution in [3.8, 4) is 0 Å². The second-order valence-electron chi connectivity index (χ2n) is 5.53. The van der Waals surface area contributed by atoms with E-state index in [1.807, 2.05) is 18.2 Å². The van der Waals surface area contributed by atoms with Gasteiger partial charge in [0.05, 0.1) is 11.0 Å². The van der Waals surface area contributed by atoms with Crippen LogP contribution in [0.25, 0.3) is 0 Å². The Labute approximate surface area is 141 Å². The number of non-ortho nitro benzene ring substituents is 1. The van der Waals surface area contributed by atoms with Crippen molar-refractivity contribution in [3.63, 3.8) is 0 Å². The fraction of sp³-hybridized carbons (Fsp3) is 0.294. The molecule has 0 spiro atoms. The molecule has 1 atom stereocenters. The van der Waals surface area contributed by atoms with Crippen LogP contribution in [0, 0.1) is 10.1 Å². The largest absolute Gasteiger partial charge is 0.363 e. The van der Waals surface area contributed by atoms with E-state index in [-0.39, 0.29) is 29.1 Å². The summed E-state index contributed by atoms with van der Waals surface area (Å²) in [5.74, 6) is 0. The first-order valence-electron chi connectivity index (χ1n) is 7.46. The number of fused-ring (bicyclic) bond motifs is 1. The zero-order chi connectivity index (χ0) is 15.5. The molecule has 2 aromatic carbocycles. The number of nitrogens with zero attached hydrogens (tertiary/aromatic N) is 2. The van der Waals surface area contributed by atoms with Crippen LogP contribution in [-0.2, 0) is 6.54 Å². The molecule has 1 aliphatic rings. The number of nitro groups is 1. The van der Waals surface area contributed by atoms with Gasteiger partial charge in [0.2, 0.25) is 0 Å². The number of hydrogen-bond donors (Lipinski definition) is 1. The van der Waals surface area contributed by atoms with Crippen molar-refractivity contribution in [2.75, 3.05) is 18.0 Å². The van der Waals surface area contributed by atoms with Crippen LogP contribution in [0.4, 0.5) is 11.4 Å². The van der Waals surface area contributed by atoms with Crippen LogP contribution < -0.4 is 10.2 Å². The Morgan fingerprint density at radius 3 is 2.78 bits per heavy atom. The Morgan fingerprint density at radius 2 is 2.00 bits per heavy atom. The summed E-state index contributed by atoms with van der Waals surface area (Å²) >= 11 is 0. The SMILES string of the molecule is CC(c1cccc([N+](=O)[O-])c1)N1CCNCc2ccccc21.Cl. The average Bonchev–Trinajstić information content (AvgIpc) is 2.76. The van der Waals surface area contributed by atoms with Crippen LogP contribution in [0.1, 0.15) is 24.1 Å². The first-order valence-corrected chi connectivity index (χ1v) is 7.46. The molecule has 5 nitrogen and oxygen atoms in total. The monoisotopic (exact) mass is 333 g/mol. The Bertz CT molecular complexity index is 693. The second-order valence-corrected chi connectivity index (χ2v) is 5.53. The zero-order valence-corrected chi connectivity index (χ0v) is 13.8. The third-order valence-electron chi connectivity index (χ3n) is 4.18. The van der Waals surface area contributed by atoms with Crippen LogP contribution in [0.2, 0.25) is 0 Å². The predicted molar refractivity (Wildman–Crippen MR) is 94.3 cm³/mol. The highest BCUT2D eigenvalue weighted by Crippen LogP contribution is 2.31. The lowest BCUT2D eigenvalue weighted by Crippen LogP contribution is -2.31. The quantitative estimate of drug-likeness (QED) is 0.687. The van der Waals surface area contributed by atoms with Crippen molar-refractivity contribution in [3.05, 3.63) is 69.8 Å². The van der Waals surface area contributed by atoms with E-state index in [0.29, 0.717) is 0 Å². The van der Waals surface area contributed by atoms with Crippen molar-refractivity contribution in [2.45, 2.75) is 19.5 Å². The van der Waals surface area contributed by atoms with Gasteiger partial charge in [-0.25, -0.2) is 0 Å². The fourth-order valence-corrected chi connectivity index (χ4v) is 2.96. The molecule has 3 rings (SSSR count). The van der Waals surface area contributed by atoms with Gasteiger partial charge in [-0.3, -0.25) is 10.1 Å². The summed E-state index contributed by atoms with van der Waals surface area (Å²) in [4.78, 5) is 13.0. The van der Waals surface area contributed by atoms with Crippen LogP contribution in [0.3, 0.4) is 0 Å². The van der Waals surface area contributed by atoms with Gasteiger partial charge in [-0.2, -0.15) is 0 Å². The highest BCUT2D eigenvalue weighted by Gasteiger charge is 2.21. The number of nitrogens with one attached hydrogen (secondary N) is 1. The van der Waals surface area contributed by atoms with E-state index < -0.39 is 0 Å². The topological polar surface area (TPSA) is 58.4 Å². The van der Waals surface area contributed by atoms with Crippen LogP contribution in [0.5, 0.6) is 0 Å². The third kappa shape index (κ3) is 3.63. The summed E-state index contributed by atoms with van der Waals surface area (Å²) in [6.45, 7) is 4.73. The van der Waals surface area contributed by atoms with E-state index >= 15 is 0 Å². The molecule has 122 valence electrons. The van der Waals surface area contributed by atoms with Gasteiger partial charge in [0.15, 0.2) is 0 Å². The molecule has 1 N–H and O–H groups in total. The van der Waals surface area contributed by atoms with Gasteiger partial charge in [0.25, 0.3) is 5.69 Å². The molecule has 0 aromatic heterocycles. The predicted octanol–water partition coefficient (Wildman–Crippen LogP) is 3.69. The summed E-state index contributed by atoms with van der Waals surface area (Å²) in [6.07, 6.45) is 0. The molecule has 23 heavy (non-hydrogen) atoms. The van der Waals surface area contributed by atoms with Gasteiger partial charge in [0, 0.05) is 37.5 Å². The minimum atomic E-state index is -0.339. The van der Waals surface area contributed by atoms with Crippen molar-refractivity contribution in [1.29, 1.82) is 0 Å². The number of nitro benzene ring substituents is 1. The molecule has 0 radical (unpaired) electrons. The van der Waals surface area contributed by atoms with Crippen molar-refractivity contribution >= 4 is 23.8 Å². The molecule has 0 aliphatic carbocycles. The summed E-state index contributed by atoms with van der Waals surface area (Å²) in [6, 6.07) is 15.3. The van der Waals surface area contributed by atoms with Crippen molar-refractivity contribution in [2.24, 2.45) is 0 Å². The summed E-state index contributed by atoms with van der Waals surface area (Å²) in [7, 11) is 0. The number of rotatable bonds is 3. The lowest BCUT2D eigenvalue weighted by molar-refractivity contribution is -0.384. The van der Waals surface area contributed by atoms with Crippen molar-refractivity contribution < 1.29 is 4.92 Å². The molecule has 1 heterocycles. The Kier molecular flexibility index (Phi) is 5.58. The molecule has 0 saturated carbocycles. The van der Waals surface area contributed by atoms with E-state index in [2.05, 4.69) is 29.3 Å². The van der Waals surface area contributed by atoms with Crippen LogP contribution in [-0.4, -0.2) is 18.0 Å². The van der Waals surface area contributed by atoms with Crippen LogP contribution in [0.15, 0.2) is 48.5 Å². The average molecular weight is 334 g/mol. The van der Waals surface area contributed by atoms with E-state index in [9.17, 15) is 10.1 Å². The molecule has 1 unspecified atom stereocenters. The van der Waals surface area contributed by atoms with Gasteiger partial charge in [-0.15, -0.1) is 12.4 Å². The summed E-state index contributed by atoms with van der Waals surface area (Å²) in [5, 5.41) is 14.4. The fourth-order valence-electron chi connectivity index (χ4n) is 2.96. The molecule has 0 fully saturated rings. The van der Waals surface area contributed by atoms with Gasteiger partial charge < -0.3 is 10.2 Å². The molecular formula is C17H20ClN3O2. The molecule has 0 amide bonds. The van der Waals surface area contributed by atoms with E-state index in [0.717, 1.165) is 25.2 Å². The maximum atomic E-state index is 11.0. The van der Waals surface area contributed by atoms with Gasteiger partial charge >= 0.3 is 0 Å². The zero-order valence-electron chi connectivity index (χ0n) is 12.9. The number of benzene rings is 2. The van der Waals surface area contributed by atoms with Crippen LogP contribution >= 0.6 is 12.4 Å². The molecule has 2 aromatic rings. The standard InChI is InChI=1S/C17H19N3O2.ClH/c1-13(14-6-4-7-16(11-14)20(21)22)19-10-9-18-12-15-5-2-3-8-17(15)19;/h2-8,11,13,18H,9-10,12H2,1H3;1H. The molecule has 1 aliphatic heterocycles. The van der Waals surface area contributed by atoms with Gasteiger partial charge in [0.1, 0.15) is 0 Å². The van der Waals surface area contributed by atoms with E-state index in [1.54, 1.807) is 12.1 Å². The molecule has 0 bridgehead atoms. The molecule has 0 saturated heterocycles. The smallest absolute Gasteiger partial charge is 0.269 e. The maximum absolute atomic E-state index is 11.0. The van der Waals surface area contributed by atoms with E-state index in [1.165, 1.54) is 17.3 Å². The molecule has 6 heteroatoms. The minimum Gasteiger partial charge on any atom is -0.363 e. The Morgan fingerprint density at radius 1 is 1.22 bits per heavy atom. The lowest BCUT2D eigenvalue weighted by atomic mass is 10.0. The number of anilines is 1. The second kappa shape index (κ2) is 7.44. The van der Waals surface area contributed by atoms with Gasteiger partial charge in [-0.1, -0.05) is 30.3 Å². The van der Waals surface area contributed by atoms with Crippen molar-refractivity contribution in [1.82, 2.24) is 5.32 Å². The highest BCUT2D eigenvalue weighted by molar-refractivity contribution is 5.85. The Hall–Kier alpha value is -2.11. The first kappa shape index (κ1) is 17.2.